The van der Waals surface area contributed by atoms with Gasteiger partial charge in [0.2, 0.25) is 0 Å². The van der Waals surface area contributed by atoms with E-state index in [1.807, 2.05) is 52.0 Å². The molecule has 0 unspecified atom stereocenters. The Morgan fingerprint density at radius 3 is 2.05 bits per heavy atom. The van der Waals surface area contributed by atoms with Gasteiger partial charge in [-0.25, -0.2) is 4.98 Å². The van der Waals surface area contributed by atoms with Crippen LogP contribution in [0.1, 0.15) is 36.5 Å². The van der Waals surface area contributed by atoms with E-state index in [1.165, 1.54) is 0 Å². The molecule has 2 heterocycles. The molecule has 4 heteroatoms. The van der Waals surface area contributed by atoms with Gasteiger partial charge in [0, 0.05) is 17.6 Å². The predicted octanol–water partition coefficient (Wildman–Crippen LogP) is 3.55. The fraction of sp³-hybridized carbons (Fsp3) is 0.250. The number of nitriles is 2. The van der Waals surface area contributed by atoms with Crippen molar-refractivity contribution >= 4 is 0 Å². The minimum absolute atomic E-state index is 0.481. The van der Waals surface area contributed by atoms with Gasteiger partial charge in [-0.2, -0.15) is 10.5 Å². The van der Waals surface area contributed by atoms with Crippen molar-refractivity contribution in [3.63, 3.8) is 0 Å². The molecular weight excluding hydrogens is 248 g/mol. The number of aryl methyl sites for hydroxylation is 2. The highest BCUT2D eigenvalue weighted by Crippen LogP contribution is 1.96. The number of nitrogens with zero attached hydrogens (tertiary/aromatic N) is 4. The number of pyridine rings is 2. The van der Waals surface area contributed by atoms with Crippen molar-refractivity contribution in [2.24, 2.45) is 0 Å². The van der Waals surface area contributed by atoms with Gasteiger partial charge in [-0.05, 0) is 38.1 Å². The zero-order chi connectivity index (χ0) is 15.4. The molecule has 0 atom stereocenters. The molecule has 20 heavy (non-hydrogen) atoms. The van der Waals surface area contributed by atoms with Crippen LogP contribution in [0.2, 0.25) is 0 Å². The number of hydrogen-bond donors (Lipinski definition) is 0. The Labute approximate surface area is 120 Å². The highest BCUT2D eigenvalue weighted by atomic mass is 14.7. The second kappa shape index (κ2) is 10.2. The molecular formula is C16H18N4. The molecule has 0 aliphatic carbocycles. The van der Waals surface area contributed by atoms with Gasteiger partial charge in [-0.15, -0.1) is 0 Å². The summed E-state index contributed by atoms with van der Waals surface area (Å²) in [6, 6.07) is 12.8. The smallest absolute Gasteiger partial charge is 0.140 e. The second-order valence-electron chi connectivity index (χ2n) is 3.57. The third-order valence-corrected chi connectivity index (χ3v) is 2.03. The molecule has 0 radical (unpaired) electrons. The minimum atomic E-state index is 0.481. The molecule has 0 N–H and O–H groups in total. The molecule has 0 aliphatic heterocycles. The van der Waals surface area contributed by atoms with Crippen molar-refractivity contribution < 1.29 is 0 Å². The van der Waals surface area contributed by atoms with Crippen LogP contribution in [0.5, 0.6) is 0 Å². The van der Waals surface area contributed by atoms with Crippen molar-refractivity contribution in [1.29, 1.82) is 10.5 Å². The van der Waals surface area contributed by atoms with Gasteiger partial charge in [0.1, 0.15) is 11.8 Å². The van der Waals surface area contributed by atoms with E-state index in [9.17, 15) is 0 Å². The van der Waals surface area contributed by atoms with Crippen LogP contribution in [0.3, 0.4) is 0 Å². The highest BCUT2D eigenvalue weighted by Gasteiger charge is 1.88. The van der Waals surface area contributed by atoms with E-state index in [1.54, 1.807) is 24.4 Å². The topological polar surface area (TPSA) is 73.4 Å². The molecule has 0 spiro atoms. The first-order valence-electron chi connectivity index (χ1n) is 6.32. The van der Waals surface area contributed by atoms with Gasteiger partial charge >= 0.3 is 0 Å². The summed E-state index contributed by atoms with van der Waals surface area (Å²) >= 11 is 0. The Hall–Kier alpha value is -2.72. The lowest BCUT2D eigenvalue weighted by molar-refractivity contribution is 1.17. The summed E-state index contributed by atoms with van der Waals surface area (Å²) in [6.45, 7) is 7.72. The first-order chi connectivity index (χ1) is 9.65. The lowest BCUT2D eigenvalue weighted by Gasteiger charge is -1.88. The van der Waals surface area contributed by atoms with E-state index < -0.39 is 0 Å². The fourth-order valence-electron chi connectivity index (χ4n) is 1.22. The molecule has 0 saturated heterocycles. The predicted molar refractivity (Wildman–Crippen MR) is 78.7 cm³/mol. The van der Waals surface area contributed by atoms with Gasteiger partial charge in [0.05, 0.1) is 11.6 Å². The molecule has 2 aromatic heterocycles. The van der Waals surface area contributed by atoms with Crippen molar-refractivity contribution in [3.05, 3.63) is 59.2 Å². The van der Waals surface area contributed by atoms with Crippen LogP contribution in [0.4, 0.5) is 0 Å². The van der Waals surface area contributed by atoms with Crippen molar-refractivity contribution in [3.8, 4) is 12.1 Å². The van der Waals surface area contributed by atoms with E-state index >= 15 is 0 Å². The monoisotopic (exact) mass is 266 g/mol. The molecule has 102 valence electrons. The van der Waals surface area contributed by atoms with Gasteiger partial charge in [0.25, 0.3) is 0 Å². The van der Waals surface area contributed by atoms with Crippen LogP contribution in [-0.4, -0.2) is 9.97 Å². The van der Waals surface area contributed by atoms with Crippen LogP contribution in [-0.2, 0) is 0 Å². The van der Waals surface area contributed by atoms with Crippen molar-refractivity contribution in [2.45, 2.75) is 27.7 Å². The SMILES string of the molecule is CC.Cc1cc(C#N)ccn1.Cc1cccc(C#N)n1. The van der Waals surface area contributed by atoms with Gasteiger partial charge in [-0.1, -0.05) is 19.9 Å². The van der Waals surface area contributed by atoms with Crippen LogP contribution in [0.25, 0.3) is 0 Å². The average Bonchev–Trinajstić information content (AvgIpc) is 2.50. The zero-order valence-electron chi connectivity index (χ0n) is 12.3. The lowest BCUT2D eigenvalue weighted by atomic mass is 10.2. The summed E-state index contributed by atoms with van der Waals surface area (Å²) in [5, 5.41) is 16.7. The summed E-state index contributed by atoms with van der Waals surface area (Å²) in [7, 11) is 0. The van der Waals surface area contributed by atoms with Crippen LogP contribution < -0.4 is 0 Å². The number of hydrogen-bond acceptors (Lipinski definition) is 4. The Morgan fingerprint density at radius 2 is 1.65 bits per heavy atom. The molecule has 0 aliphatic rings. The van der Waals surface area contributed by atoms with Gasteiger partial charge in [-0.3, -0.25) is 4.98 Å². The first-order valence-corrected chi connectivity index (χ1v) is 6.32. The summed E-state index contributed by atoms with van der Waals surface area (Å²) in [5.74, 6) is 0. The summed E-state index contributed by atoms with van der Waals surface area (Å²) in [4.78, 5) is 7.87. The maximum absolute atomic E-state index is 8.38. The van der Waals surface area contributed by atoms with E-state index in [4.69, 9.17) is 10.5 Å². The zero-order valence-corrected chi connectivity index (χ0v) is 12.3. The Morgan fingerprint density at radius 1 is 0.950 bits per heavy atom. The Balaban J connectivity index is 0.000000321. The van der Waals surface area contributed by atoms with Gasteiger partial charge in [0.15, 0.2) is 0 Å². The minimum Gasteiger partial charge on any atom is -0.262 e. The Bertz CT molecular complexity index is 551. The normalized spacial score (nSPS) is 7.90. The molecule has 2 rings (SSSR count). The molecule has 0 saturated carbocycles. The molecule has 0 amide bonds. The number of aromatic nitrogens is 2. The second-order valence-corrected chi connectivity index (χ2v) is 3.57. The molecule has 0 bridgehead atoms. The van der Waals surface area contributed by atoms with Crippen molar-refractivity contribution in [2.75, 3.05) is 0 Å². The fourth-order valence-corrected chi connectivity index (χ4v) is 1.22. The van der Waals surface area contributed by atoms with Gasteiger partial charge < -0.3 is 0 Å². The standard InChI is InChI=1S/2C7H6N2.C2H6/c1-6-4-7(5-8)2-3-9-6;1-6-3-2-4-7(5-8)9-6;1-2/h2*2-4H,1H3;1-2H3. The molecule has 4 nitrogen and oxygen atoms in total. The van der Waals surface area contributed by atoms with E-state index in [0.29, 0.717) is 11.3 Å². The maximum Gasteiger partial charge on any atom is 0.140 e. The average molecular weight is 266 g/mol. The first kappa shape index (κ1) is 17.3. The highest BCUT2D eigenvalue weighted by molar-refractivity contribution is 5.27. The van der Waals surface area contributed by atoms with E-state index in [0.717, 1.165) is 11.4 Å². The van der Waals surface area contributed by atoms with Crippen LogP contribution in [0.15, 0.2) is 36.5 Å². The molecule has 0 aromatic carbocycles. The third kappa shape index (κ3) is 6.88. The largest absolute Gasteiger partial charge is 0.262 e. The maximum atomic E-state index is 8.38. The van der Waals surface area contributed by atoms with Crippen LogP contribution in [0, 0.1) is 36.5 Å². The lowest BCUT2D eigenvalue weighted by Crippen LogP contribution is -1.83. The summed E-state index contributed by atoms with van der Waals surface area (Å²) in [5.41, 5.74) is 2.92. The van der Waals surface area contributed by atoms with E-state index in [2.05, 4.69) is 9.97 Å². The third-order valence-electron chi connectivity index (χ3n) is 2.03. The quantitative estimate of drug-likeness (QED) is 0.730. The number of rotatable bonds is 0. The summed E-state index contributed by atoms with van der Waals surface area (Å²) in [6.07, 6.45) is 1.63. The summed E-state index contributed by atoms with van der Waals surface area (Å²) < 4.78 is 0. The molecule has 0 fully saturated rings. The Kier molecular flexibility index (Phi) is 8.83. The molecule has 2 aromatic rings. The van der Waals surface area contributed by atoms with E-state index in [-0.39, 0.29) is 0 Å². The van der Waals surface area contributed by atoms with Crippen molar-refractivity contribution in [1.82, 2.24) is 9.97 Å². The van der Waals surface area contributed by atoms with Crippen LogP contribution >= 0.6 is 0 Å².